The first-order valence-electron chi connectivity index (χ1n) is 13.4. The second kappa shape index (κ2) is 6.68. The molecule has 0 radical (unpaired) electrons. The number of carbonyl (C=O) groups excluding carboxylic acids is 2. The third kappa shape index (κ3) is 2.40. The molecule has 4 fully saturated rings. The maximum Gasteiger partial charge on any atom is 0.233 e. The monoisotopic (exact) mass is 476 g/mol. The van der Waals surface area contributed by atoms with Gasteiger partial charge in [0.15, 0.2) is 11.5 Å². The van der Waals surface area contributed by atoms with Crippen LogP contribution in [0.25, 0.3) is 0 Å². The molecule has 1 aromatic carbocycles. The summed E-state index contributed by atoms with van der Waals surface area (Å²) in [6, 6.07) is 3.26. The largest absolute Gasteiger partial charge is 0.504 e. The molecule has 1 aromatic rings. The van der Waals surface area contributed by atoms with Crippen LogP contribution in [0.3, 0.4) is 0 Å². The molecular formula is C28H32N2O5. The average molecular weight is 477 g/mol. The van der Waals surface area contributed by atoms with Gasteiger partial charge in [-0.3, -0.25) is 19.4 Å². The molecule has 3 aliphatic heterocycles. The Morgan fingerprint density at radius 1 is 1.03 bits per heavy atom. The van der Waals surface area contributed by atoms with Gasteiger partial charge in [-0.05, 0) is 75.5 Å². The Hall–Kier alpha value is -2.38. The molecular weight excluding hydrogens is 444 g/mol. The van der Waals surface area contributed by atoms with Crippen LogP contribution in [0, 0.1) is 17.8 Å². The Labute approximate surface area is 204 Å². The lowest BCUT2D eigenvalue weighted by Crippen LogP contribution is -2.78. The molecule has 2 saturated carbocycles. The summed E-state index contributed by atoms with van der Waals surface area (Å²) in [5.74, 6) is 0.552. The molecule has 2 amide bonds. The van der Waals surface area contributed by atoms with Gasteiger partial charge in [0.1, 0.15) is 6.10 Å². The van der Waals surface area contributed by atoms with E-state index < -0.39 is 23.2 Å². The number of fused-ring (bicyclic) bond motifs is 1. The summed E-state index contributed by atoms with van der Waals surface area (Å²) in [5, 5.41) is 23.4. The number of hydrogen-bond donors (Lipinski definition) is 2. The van der Waals surface area contributed by atoms with Gasteiger partial charge in [-0.15, -0.1) is 0 Å². The number of ether oxygens (including phenoxy) is 1. The van der Waals surface area contributed by atoms with Crippen molar-refractivity contribution in [1.29, 1.82) is 0 Å². The summed E-state index contributed by atoms with van der Waals surface area (Å²) in [6.45, 7) is 1.89. The van der Waals surface area contributed by atoms with Crippen LogP contribution in [0.15, 0.2) is 24.3 Å². The minimum Gasteiger partial charge on any atom is -0.504 e. The number of carbonyl (C=O) groups is 2. The molecule has 7 atom stereocenters. The predicted molar refractivity (Wildman–Crippen MR) is 126 cm³/mol. The number of allylic oxidation sites excluding steroid dienone is 2. The highest BCUT2D eigenvalue weighted by Gasteiger charge is 2.74. The summed E-state index contributed by atoms with van der Waals surface area (Å²) < 4.78 is 6.59. The van der Waals surface area contributed by atoms with Crippen LogP contribution < -0.4 is 4.74 Å². The third-order valence-corrected chi connectivity index (χ3v) is 10.6. The highest BCUT2D eigenvalue weighted by Crippen LogP contribution is 2.66. The molecule has 2 bridgehead atoms. The lowest BCUT2D eigenvalue weighted by atomic mass is 9.48. The van der Waals surface area contributed by atoms with Crippen LogP contribution in [0.5, 0.6) is 11.5 Å². The van der Waals surface area contributed by atoms with Crippen LogP contribution in [0.2, 0.25) is 0 Å². The number of benzene rings is 1. The van der Waals surface area contributed by atoms with Gasteiger partial charge < -0.3 is 14.9 Å². The van der Waals surface area contributed by atoms with Crippen molar-refractivity contribution in [3.63, 3.8) is 0 Å². The lowest BCUT2D eigenvalue weighted by Gasteiger charge is -2.64. The summed E-state index contributed by atoms with van der Waals surface area (Å²) in [7, 11) is 0. The van der Waals surface area contributed by atoms with E-state index in [1.54, 1.807) is 6.07 Å². The molecule has 3 heterocycles. The summed E-state index contributed by atoms with van der Waals surface area (Å²) >= 11 is 0. The number of piperidine rings is 1. The summed E-state index contributed by atoms with van der Waals surface area (Å²) in [5.41, 5.74) is 0.353. The first kappa shape index (κ1) is 20.8. The Morgan fingerprint density at radius 3 is 2.49 bits per heavy atom. The molecule has 2 N–H and O–H groups in total. The molecule has 1 spiro atoms. The minimum atomic E-state index is -1.01. The van der Waals surface area contributed by atoms with Gasteiger partial charge >= 0.3 is 0 Å². The molecule has 4 aliphatic carbocycles. The predicted octanol–water partition coefficient (Wildman–Crippen LogP) is 2.28. The molecule has 7 heteroatoms. The van der Waals surface area contributed by atoms with Crippen LogP contribution in [-0.4, -0.2) is 68.7 Å². The Kier molecular flexibility index (Phi) is 3.97. The average Bonchev–Trinajstić information content (AvgIpc) is 3.54. The molecule has 8 rings (SSSR count). The van der Waals surface area contributed by atoms with E-state index in [0.717, 1.165) is 36.6 Å². The minimum absolute atomic E-state index is 0.0105. The Balaban J connectivity index is 1.25. The second-order valence-corrected chi connectivity index (χ2v) is 12.1. The van der Waals surface area contributed by atoms with Crippen LogP contribution in [0.1, 0.15) is 56.1 Å². The van der Waals surface area contributed by atoms with Crippen molar-refractivity contribution in [3.8, 4) is 11.5 Å². The van der Waals surface area contributed by atoms with Crippen molar-refractivity contribution in [2.75, 3.05) is 13.1 Å². The molecule has 35 heavy (non-hydrogen) atoms. The first-order chi connectivity index (χ1) is 16.9. The molecule has 7 aliphatic rings. The summed E-state index contributed by atoms with van der Waals surface area (Å²) in [4.78, 5) is 31.2. The number of aliphatic hydroxyl groups is 1. The van der Waals surface area contributed by atoms with E-state index in [1.165, 1.54) is 17.7 Å². The van der Waals surface area contributed by atoms with Crippen molar-refractivity contribution < 1.29 is 24.5 Å². The molecule has 0 unspecified atom stereocenters. The molecule has 184 valence electrons. The fourth-order valence-electron chi connectivity index (χ4n) is 8.87. The zero-order valence-corrected chi connectivity index (χ0v) is 19.9. The fourth-order valence-corrected chi connectivity index (χ4v) is 8.87. The van der Waals surface area contributed by atoms with E-state index in [-0.39, 0.29) is 35.4 Å². The van der Waals surface area contributed by atoms with Crippen molar-refractivity contribution >= 4 is 11.8 Å². The topological polar surface area (TPSA) is 90.3 Å². The third-order valence-electron chi connectivity index (χ3n) is 10.6. The van der Waals surface area contributed by atoms with E-state index in [4.69, 9.17) is 4.74 Å². The smallest absolute Gasteiger partial charge is 0.233 e. The van der Waals surface area contributed by atoms with E-state index in [9.17, 15) is 19.8 Å². The van der Waals surface area contributed by atoms with Gasteiger partial charge in [-0.2, -0.15) is 0 Å². The SMILES string of the molecule is O=C1[C@H]2CC=CC[C@H]2C(=O)N1[C@@H]1CC[C@@]2(O)[C@@H]3Cc4ccc(O)c5c4[C@@]2(CCN3CC2CC2)[C@H]1O5. The number of nitrogens with zero attached hydrogens (tertiary/aromatic N) is 2. The van der Waals surface area contributed by atoms with Crippen LogP contribution in [0.4, 0.5) is 0 Å². The van der Waals surface area contributed by atoms with Gasteiger partial charge in [0.2, 0.25) is 11.8 Å². The number of likely N-dealkylation sites (tertiary alicyclic amines) is 2. The maximum atomic E-state index is 13.6. The van der Waals surface area contributed by atoms with E-state index in [1.807, 2.05) is 18.2 Å². The van der Waals surface area contributed by atoms with E-state index in [2.05, 4.69) is 4.90 Å². The highest BCUT2D eigenvalue weighted by atomic mass is 16.5. The number of aromatic hydroxyl groups is 1. The fraction of sp³-hybridized carbons (Fsp3) is 0.643. The number of rotatable bonds is 3. The van der Waals surface area contributed by atoms with Crippen molar-refractivity contribution in [2.45, 2.75) is 80.6 Å². The number of imide groups is 1. The standard InChI is InChI=1S/C28H32N2O5/c31-20-8-7-16-13-21-28(34)10-9-19(30-25(32)17-3-1-2-4-18(17)26(30)33)24-27(28,22(16)23(20)35-24)11-12-29(21)14-15-5-6-15/h1-2,7-8,15,17-19,21,24,31,34H,3-6,9-14H2/t17-,18+,19-,21+,24+,27+,28-/m1/s1. The molecule has 2 saturated heterocycles. The number of phenols is 1. The number of amides is 2. The highest BCUT2D eigenvalue weighted by molar-refractivity contribution is 6.06. The van der Waals surface area contributed by atoms with E-state index in [0.29, 0.717) is 37.9 Å². The zero-order valence-electron chi connectivity index (χ0n) is 19.9. The van der Waals surface area contributed by atoms with Gasteiger partial charge in [0, 0.05) is 18.2 Å². The van der Waals surface area contributed by atoms with Crippen molar-refractivity contribution in [1.82, 2.24) is 9.80 Å². The Morgan fingerprint density at radius 2 is 1.77 bits per heavy atom. The van der Waals surface area contributed by atoms with Gasteiger partial charge in [-0.25, -0.2) is 0 Å². The van der Waals surface area contributed by atoms with Gasteiger partial charge in [0.25, 0.3) is 0 Å². The maximum absolute atomic E-state index is 13.6. The zero-order chi connectivity index (χ0) is 23.7. The normalized spacial score (nSPS) is 43.2. The van der Waals surface area contributed by atoms with Crippen LogP contribution >= 0.6 is 0 Å². The number of phenolic OH excluding ortho intramolecular Hbond substituents is 1. The van der Waals surface area contributed by atoms with E-state index >= 15 is 0 Å². The number of hydrogen-bond acceptors (Lipinski definition) is 6. The molecule has 7 nitrogen and oxygen atoms in total. The summed E-state index contributed by atoms with van der Waals surface area (Å²) in [6.07, 6.45) is 9.78. The second-order valence-electron chi connectivity index (χ2n) is 12.1. The van der Waals surface area contributed by atoms with Crippen molar-refractivity contribution in [3.05, 3.63) is 35.4 Å². The van der Waals surface area contributed by atoms with Gasteiger partial charge in [0.05, 0.1) is 28.9 Å². The Bertz CT molecular complexity index is 1170. The first-order valence-corrected chi connectivity index (χ1v) is 13.4. The quantitative estimate of drug-likeness (QED) is 0.514. The van der Waals surface area contributed by atoms with Crippen LogP contribution in [-0.2, 0) is 21.4 Å². The lowest BCUT2D eigenvalue weighted by molar-refractivity contribution is -0.201. The molecule has 0 aromatic heterocycles. The van der Waals surface area contributed by atoms with Crippen molar-refractivity contribution in [2.24, 2.45) is 17.8 Å². The van der Waals surface area contributed by atoms with Gasteiger partial charge in [-0.1, -0.05) is 18.2 Å².